The molecule has 1 fully saturated rings. The largest absolute Gasteiger partial charge is 0.490 e. The smallest absolute Gasteiger partial charge is 0.475 e. The Bertz CT molecular complexity index is 328. The Kier molecular flexibility index (Phi) is 14.7. The van der Waals surface area contributed by atoms with E-state index in [0.717, 1.165) is 13.1 Å². The van der Waals surface area contributed by atoms with Crippen molar-refractivity contribution in [3.63, 3.8) is 0 Å². The van der Waals surface area contributed by atoms with Crippen molar-refractivity contribution >= 4 is 5.97 Å². The minimum absolute atomic E-state index is 0.383. The number of nitrogens with one attached hydrogen (secondary N) is 1. The summed E-state index contributed by atoms with van der Waals surface area (Å²) in [5, 5.41) is 10.3. The number of ether oxygens (including phenoxy) is 5. The molecule has 0 aliphatic carbocycles. The molecule has 0 aromatic carbocycles. The number of hydrogen-bond donors (Lipinski definition) is 2. The molecule has 0 radical (unpaired) electrons. The molecule has 1 aliphatic rings. The molecule has 0 aromatic rings. The van der Waals surface area contributed by atoms with Crippen LogP contribution in [0.15, 0.2) is 0 Å². The Morgan fingerprint density at radius 3 is 1.68 bits per heavy atom. The van der Waals surface area contributed by atoms with Gasteiger partial charge in [0.2, 0.25) is 0 Å². The van der Waals surface area contributed by atoms with Gasteiger partial charge in [0.25, 0.3) is 0 Å². The van der Waals surface area contributed by atoms with E-state index in [1.54, 1.807) is 7.11 Å². The average molecular weight is 377 g/mol. The molecular weight excluding hydrogens is 351 g/mol. The lowest BCUT2D eigenvalue weighted by molar-refractivity contribution is -0.192. The first kappa shape index (κ1) is 24.0. The standard InChI is InChI=1S/C12H25NO5.C2HF3O2/c1-14-2-3-15-4-5-16-6-7-17-8-9-18-12-10-13-11-12;3-2(4,5)1(6)7/h12-13H,2-11H2,1H3;(H,6,7). The van der Waals surface area contributed by atoms with Crippen LogP contribution in [0.1, 0.15) is 0 Å². The van der Waals surface area contributed by atoms with Crippen LogP contribution in [0, 0.1) is 0 Å². The summed E-state index contributed by atoms with van der Waals surface area (Å²) in [7, 11) is 1.66. The molecule has 0 unspecified atom stereocenters. The molecular formula is C14H26F3NO7. The SMILES string of the molecule is COCCOCCOCCOCCOC1CNC1.O=C(O)C(F)(F)F. The third kappa shape index (κ3) is 16.2. The molecule has 25 heavy (non-hydrogen) atoms. The maximum atomic E-state index is 10.6. The Hall–Kier alpha value is -0.980. The maximum Gasteiger partial charge on any atom is 0.490 e. The highest BCUT2D eigenvalue weighted by atomic mass is 19.4. The van der Waals surface area contributed by atoms with Crippen LogP contribution in [0.2, 0.25) is 0 Å². The van der Waals surface area contributed by atoms with Gasteiger partial charge in [0.05, 0.1) is 59.0 Å². The quantitative estimate of drug-likeness (QED) is 0.443. The second-order valence-electron chi connectivity index (χ2n) is 4.78. The minimum atomic E-state index is -5.08. The maximum absolute atomic E-state index is 10.6. The summed E-state index contributed by atoms with van der Waals surface area (Å²) >= 11 is 0. The molecule has 1 aliphatic heterocycles. The van der Waals surface area contributed by atoms with Crippen molar-refractivity contribution in [3.8, 4) is 0 Å². The summed E-state index contributed by atoms with van der Waals surface area (Å²) in [6.07, 6.45) is -4.70. The normalized spacial score (nSPS) is 14.6. The third-order valence-electron chi connectivity index (χ3n) is 2.74. The summed E-state index contributed by atoms with van der Waals surface area (Å²) in [5.41, 5.74) is 0. The molecule has 1 heterocycles. The topological polar surface area (TPSA) is 95.5 Å². The Morgan fingerprint density at radius 2 is 1.36 bits per heavy atom. The zero-order chi connectivity index (χ0) is 19.0. The lowest BCUT2D eigenvalue weighted by Crippen LogP contribution is -2.48. The molecule has 1 saturated heterocycles. The van der Waals surface area contributed by atoms with Gasteiger partial charge < -0.3 is 34.1 Å². The fourth-order valence-electron chi connectivity index (χ4n) is 1.34. The molecule has 0 bridgehead atoms. The van der Waals surface area contributed by atoms with Gasteiger partial charge in [0.15, 0.2) is 0 Å². The molecule has 1 rings (SSSR count). The summed E-state index contributed by atoms with van der Waals surface area (Å²) in [4.78, 5) is 8.90. The Morgan fingerprint density at radius 1 is 0.960 bits per heavy atom. The van der Waals surface area contributed by atoms with Crippen LogP contribution < -0.4 is 5.32 Å². The predicted octanol–water partition coefficient (Wildman–Crippen LogP) is 0.304. The van der Waals surface area contributed by atoms with Crippen LogP contribution in [-0.2, 0) is 28.5 Å². The summed E-state index contributed by atoms with van der Waals surface area (Å²) in [6, 6.07) is 0. The van der Waals surface area contributed by atoms with Crippen molar-refractivity contribution in [2.75, 3.05) is 73.1 Å². The lowest BCUT2D eigenvalue weighted by Gasteiger charge is -2.26. The van der Waals surface area contributed by atoms with Crippen LogP contribution in [0.3, 0.4) is 0 Å². The molecule has 0 spiro atoms. The van der Waals surface area contributed by atoms with Gasteiger partial charge in [0, 0.05) is 20.2 Å². The van der Waals surface area contributed by atoms with E-state index in [2.05, 4.69) is 5.32 Å². The summed E-state index contributed by atoms with van der Waals surface area (Å²) in [6.45, 7) is 6.85. The number of aliphatic carboxylic acids is 1. The molecule has 0 aromatic heterocycles. The molecule has 0 saturated carbocycles. The highest BCUT2D eigenvalue weighted by molar-refractivity contribution is 5.73. The highest BCUT2D eigenvalue weighted by Crippen LogP contribution is 2.13. The van der Waals surface area contributed by atoms with E-state index in [9.17, 15) is 13.2 Å². The molecule has 11 heteroatoms. The number of carboxylic acids is 1. The van der Waals surface area contributed by atoms with E-state index in [-0.39, 0.29) is 0 Å². The highest BCUT2D eigenvalue weighted by Gasteiger charge is 2.38. The Labute approximate surface area is 144 Å². The molecule has 150 valence electrons. The van der Waals surface area contributed by atoms with Gasteiger partial charge in [-0.15, -0.1) is 0 Å². The van der Waals surface area contributed by atoms with Gasteiger partial charge in [0.1, 0.15) is 0 Å². The average Bonchev–Trinajstić information content (AvgIpc) is 2.50. The van der Waals surface area contributed by atoms with Crippen molar-refractivity contribution in [1.82, 2.24) is 5.32 Å². The van der Waals surface area contributed by atoms with Crippen LogP contribution in [0.25, 0.3) is 0 Å². The number of halogens is 3. The van der Waals surface area contributed by atoms with Crippen LogP contribution in [-0.4, -0.2) is 96.4 Å². The number of rotatable bonds is 13. The molecule has 2 N–H and O–H groups in total. The molecule has 0 atom stereocenters. The number of alkyl halides is 3. The van der Waals surface area contributed by atoms with Gasteiger partial charge in [-0.2, -0.15) is 13.2 Å². The van der Waals surface area contributed by atoms with Crippen molar-refractivity contribution in [1.29, 1.82) is 0 Å². The van der Waals surface area contributed by atoms with Crippen LogP contribution in [0.4, 0.5) is 13.2 Å². The fraction of sp³-hybridized carbons (Fsp3) is 0.929. The van der Waals surface area contributed by atoms with Crippen molar-refractivity contribution in [2.24, 2.45) is 0 Å². The summed E-state index contributed by atoms with van der Waals surface area (Å²) in [5.74, 6) is -2.76. The first-order chi connectivity index (χ1) is 11.9. The summed E-state index contributed by atoms with van der Waals surface area (Å²) < 4.78 is 58.0. The van der Waals surface area contributed by atoms with Gasteiger partial charge in [-0.05, 0) is 0 Å². The van der Waals surface area contributed by atoms with Gasteiger partial charge >= 0.3 is 12.1 Å². The molecule has 8 nitrogen and oxygen atoms in total. The number of hydrogen-bond acceptors (Lipinski definition) is 7. The first-order valence-electron chi connectivity index (χ1n) is 7.72. The molecule has 0 amide bonds. The van der Waals surface area contributed by atoms with E-state index < -0.39 is 12.1 Å². The van der Waals surface area contributed by atoms with Crippen molar-refractivity contribution in [3.05, 3.63) is 0 Å². The number of carboxylic acid groups (broad SMARTS) is 1. The lowest BCUT2D eigenvalue weighted by atomic mass is 10.2. The fourth-order valence-corrected chi connectivity index (χ4v) is 1.34. The van der Waals surface area contributed by atoms with Gasteiger partial charge in [-0.3, -0.25) is 0 Å². The number of carbonyl (C=O) groups is 1. The van der Waals surface area contributed by atoms with Gasteiger partial charge in [-0.25, -0.2) is 4.79 Å². The van der Waals surface area contributed by atoms with Gasteiger partial charge in [-0.1, -0.05) is 0 Å². The van der Waals surface area contributed by atoms with E-state index >= 15 is 0 Å². The monoisotopic (exact) mass is 377 g/mol. The second-order valence-corrected chi connectivity index (χ2v) is 4.78. The van der Waals surface area contributed by atoms with E-state index in [1.165, 1.54) is 0 Å². The van der Waals surface area contributed by atoms with E-state index in [0.29, 0.717) is 59.0 Å². The van der Waals surface area contributed by atoms with Crippen LogP contribution >= 0.6 is 0 Å². The van der Waals surface area contributed by atoms with E-state index in [4.69, 9.17) is 33.6 Å². The zero-order valence-corrected chi connectivity index (χ0v) is 14.2. The minimum Gasteiger partial charge on any atom is -0.475 e. The van der Waals surface area contributed by atoms with Crippen molar-refractivity contribution in [2.45, 2.75) is 12.3 Å². The zero-order valence-electron chi connectivity index (χ0n) is 14.2. The first-order valence-corrected chi connectivity index (χ1v) is 7.72. The van der Waals surface area contributed by atoms with Crippen molar-refractivity contribution < 1.29 is 46.8 Å². The predicted molar refractivity (Wildman–Crippen MR) is 80.6 cm³/mol. The van der Waals surface area contributed by atoms with Crippen LogP contribution in [0.5, 0.6) is 0 Å². The number of methoxy groups -OCH3 is 1. The van der Waals surface area contributed by atoms with E-state index in [1.807, 2.05) is 0 Å². The third-order valence-corrected chi connectivity index (χ3v) is 2.74. The second kappa shape index (κ2) is 15.3. The Balaban J connectivity index is 0.000000697.